The van der Waals surface area contributed by atoms with Crippen LogP contribution in [-0.4, -0.2) is 27.5 Å². The van der Waals surface area contributed by atoms with Crippen LogP contribution in [0.25, 0.3) is 0 Å². The molecule has 22 heavy (non-hydrogen) atoms. The Hall–Kier alpha value is -2.83. The minimum absolute atomic E-state index is 0.106. The highest BCUT2D eigenvalue weighted by molar-refractivity contribution is 6.05. The third kappa shape index (κ3) is 4.08. The van der Waals surface area contributed by atoms with Gasteiger partial charge in [-0.05, 0) is 38.1 Å². The number of nitrogens with one attached hydrogen (secondary N) is 2. The quantitative estimate of drug-likeness (QED) is 0.908. The third-order valence-corrected chi connectivity index (χ3v) is 2.72. The number of carbonyl (C=O) groups excluding carboxylic acids is 2. The average Bonchev–Trinajstić information content (AvgIpc) is 2.47. The molecular weight excluding hydrogens is 287 g/mol. The maximum absolute atomic E-state index is 13.5. The van der Waals surface area contributed by atoms with Gasteiger partial charge in [-0.15, -0.1) is 0 Å². The summed E-state index contributed by atoms with van der Waals surface area (Å²) >= 11 is 0. The number of rotatable bonds is 4. The first-order chi connectivity index (χ1) is 10.4. The van der Waals surface area contributed by atoms with Crippen LogP contribution in [0, 0.1) is 0 Å². The van der Waals surface area contributed by atoms with Gasteiger partial charge in [-0.1, -0.05) is 0 Å². The summed E-state index contributed by atoms with van der Waals surface area (Å²) in [6.07, 6.45) is 4.46. The van der Waals surface area contributed by atoms with Crippen molar-refractivity contribution < 1.29 is 14.0 Å². The molecule has 0 atom stereocenters. The van der Waals surface area contributed by atoms with Crippen molar-refractivity contribution in [1.29, 1.82) is 0 Å². The van der Waals surface area contributed by atoms with Crippen LogP contribution >= 0.6 is 0 Å². The van der Waals surface area contributed by atoms with Crippen LogP contribution in [0.1, 0.15) is 24.2 Å². The Morgan fingerprint density at radius 1 is 1.18 bits per heavy atom. The standard InChI is InChI=1S/C15H15FN4O2/c1-15(2,16)14(22)20-12-8-10(5-7-18-12)13(21)19-11-4-3-6-17-9-11/h3-9H,1-2H3,(H,19,21)(H,18,20,22). The average molecular weight is 302 g/mol. The fraction of sp³-hybridized carbons (Fsp3) is 0.200. The molecule has 2 N–H and O–H groups in total. The van der Waals surface area contributed by atoms with Gasteiger partial charge in [0.05, 0.1) is 11.9 Å². The van der Waals surface area contributed by atoms with E-state index in [-0.39, 0.29) is 17.3 Å². The molecule has 2 amide bonds. The number of halogens is 1. The zero-order valence-electron chi connectivity index (χ0n) is 12.1. The van der Waals surface area contributed by atoms with Crippen molar-refractivity contribution in [3.8, 4) is 0 Å². The largest absolute Gasteiger partial charge is 0.321 e. The molecule has 0 radical (unpaired) electrons. The summed E-state index contributed by atoms with van der Waals surface area (Å²) in [5, 5.41) is 4.98. The zero-order valence-corrected chi connectivity index (χ0v) is 12.1. The summed E-state index contributed by atoms with van der Waals surface area (Å²) in [7, 11) is 0. The SMILES string of the molecule is CC(C)(F)C(=O)Nc1cc(C(=O)Nc2cccnc2)ccn1. The first-order valence-electron chi connectivity index (χ1n) is 6.54. The fourth-order valence-electron chi connectivity index (χ4n) is 1.55. The topological polar surface area (TPSA) is 84.0 Å². The van der Waals surface area contributed by atoms with Gasteiger partial charge < -0.3 is 10.6 Å². The third-order valence-electron chi connectivity index (χ3n) is 2.72. The Kier molecular flexibility index (Phi) is 4.45. The number of hydrogen-bond donors (Lipinski definition) is 2. The van der Waals surface area contributed by atoms with Crippen LogP contribution in [0.5, 0.6) is 0 Å². The van der Waals surface area contributed by atoms with Gasteiger partial charge in [-0.2, -0.15) is 0 Å². The predicted molar refractivity (Wildman–Crippen MR) is 80.2 cm³/mol. The van der Waals surface area contributed by atoms with Crippen LogP contribution in [0.15, 0.2) is 42.9 Å². The van der Waals surface area contributed by atoms with Gasteiger partial charge in [-0.3, -0.25) is 14.6 Å². The summed E-state index contributed by atoms with van der Waals surface area (Å²) in [5.41, 5.74) is -1.21. The molecule has 114 valence electrons. The summed E-state index contributed by atoms with van der Waals surface area (Å²) in [5.74, 6) is -1.11. The van der Waals surface area contributed by atoms with Crippen molar-refractivity contribution in [3.05, 3.63) is 48.4 Å². The van der Waals surface area contributed by atoms with Crippen LogP contribution in [-0.2, 0) is 4.79 Å². The van der Waals surface area contributed by atoms with Gasteiger partial charge in [0.25, 0.3) is 11.8 Å². The summed E-state index contributed by atoms with van der Waals surface area (Å²) in [4.78, 5) is 31.4. The molecule has 2 rings (SSSR count). The molecule has 0 saturated heterocycles. The molecule has 2 heterocycles. The zero-order chi connectivity index (χ0) is 16.2. The van der Waals surface area contributed by atoms with E-state index in [9.17, 15) is 14.0 Å². The molecule has 0 bridgehead atoms. The fourth-order valence-corrected chi connectivity index (χ4v) is 1.55. The molecule has 0 unspecified atom stereocenters. The normalized spacial score (nSPS) is 10.9. The van der Waals surface area contributed by atoms with Crippen LogP contribution in [0.2, 0.25) is 0 Å². The van der Waals surface area contributed by atoms with E-state index in [0.717, 1.165) is 13.8 Å². The molecule has 7 heteroatoms. The second-order valence-electron chi connectivity index (χ2n) is 5.05. The second kappa shape index (κ2) is 6.30. The summed E-state index contributed by atoms with van der Waals surface area (Å²) < 4.78 is 13.5. The maximum Gasteiger partial charge on any atom is 0.262 e. The van der Waals surface area contributed by atoms with E-state index in [2.05, 4.69) is 20.6 Å². The number of aromatic nitrogens is 2. The number of amides is 2. The van der Waals surface area contributed by atoms with Crippen LogP contribution in [0.3, 0.4) is 0 Å². The minimum atomic E-state index is -2.03. The number of pyridine rings is 2. The molecule has 0 aromatic carbocycles. The first kappa shape index (κ1) is 15.6. The molecule has 0 fully saturated rings. The van der Waals surface area contributed by atoms with Crippen molar-refractivity contribution in [2.24, 2.45) is 0 Å². The lowest BCUT2D eigenvalue weighted by Crippen LogP contribution is -2.32. The Morgan fingerprint density at radius 3 is 2.59 bits per heavy atom. The van der Waals surface area contributed by atoms with Crippen LogP contribution < -0.4 is 10.6 Å². The lowest BCUT2D eigenvalue weighted by Gasteiger charge is -2.13. The molecule has 2 aromatic rings. The van der Waals surface area contributed by atoms with E-state index in [0.29, 0.717) is 5.69 Å². The highest BCUT2D eigenvalue weighted by Crippen LogP contribution is 2.14. The Labute approximate surface area is 126 Å². The second-order valence-corrected chi connectivity index (χ2v) is 5.05. The molecular formula is C15H15FN4O2. The van der Waals surface area contributed by atoms with Gasteiger partial charge in [0, 0.05) is 18.0 Å². The molecule has 0 aliphatic carbocycles. The van der Waals surface area contributed by atoms with Crippen LogP contribution in [0.4, 0.5) is 15.9 Å². The van der Waals surface area contributed by atoms with E-state index in [1.165, 1.54) is 24.5 Å². The maximum atomic E-state index is 13.5. The number of anilines is 2. The molecule has 0 saturated carbocycles. The number of hydrogen-bond acceptors (Lipinski definition) is 4. The monoisotopic (exact) mass is 302 g/mol. The molecule has 6 nitrogen and oxygen atoms in total. The van der Waals surface area contributed by atoms with E-state index < -0.39 is 11.6 Å². The highest BCUT2D eigenvalue weighted by Gasteiger charge is 2.26. The van der Waals surface area contributed by atoms with Gasteiger partial charge in [0.15, 0.2) is 5.67 Å². The summed E-state index contributed by atoms with van der Waals surface area (Å²) in [6.45, 7) is 2.28. The van der Waals surface area contributed by atoms with Crippen molar-refractivity contribution in [1.82, 2.24) is 9.97 Å². The number of nitrogens with zero attached hydrogens (tertiary/aromatic N) is 2. The van der Waals surface area contributed by atoms with E-state index in [4.69, 9.17) is 0 Å². The van der Waals surface area contributed by atoms with Gasteiger partial charge >= 0.3 is 0 Å². The van der Waals surface area contributed by atoms with Gasteiger partial charge in [0.2, 0.25) is 0 Å². The van der Waals surface area contributed by atoms with E-state index >= 15 is 0 Å². The molecule has 0 aliphatic rings. The lowest BCUT2D eigenvalue weighted by atomic mass is 10.1. The van der Waals surface area contributed by atoms with Crippen molar-refractivity contribution >= 4 is 23.3 Å². The molecule has 0 spiro atoms. The lowest BCUT2D eigenvalue weighted by molar-refractivity contribution is -0.125. The van der Waals surface area contributed by atoms with Gasteiger partial charge in [0.1, 0.15) is 5.82 Å². The van der Waals surface area contributed by atoms with E-state index in [1.54, 1.807) is 18.3 Å². The van der Waals surface area contributed by atoms with Crippen molar-refractivity contribution in [2.75, 3.05) is 10.6 Å². The number of carbonyl (C=O) groups is 2. The molecule has 0 aliphatic heterocycles. The van der Waals surface area contributed by atoms with E-state index in [1.807, 2.05) is 0 Å². The summed E-state index contributed by atoms with van der Waals surface area (Å²) in [6, 6.07) is 6.24. The first-order valence-corrected chi connectivity index (χ1v) is 6.54. The Balaban J connectivity index is 2.11. The predicted octanol–water partition coefficient (Wildman–Crippen LogP) is 2.42. The Morgan fingerprint density at radius 2 is 1.95 bits per heavy atom. The molecule has 2 aromatic heterocycles. The minimum Gasteiger partial charge on any atom is -0.321 e. The van der Waals surface area contributed by atoms with Crippen molar-refractivity contribution in [2.45, 2.75) is 19.5 Å². The highest BCUT2D eigenvalue weighted by atomic mass is 19.1. The van der Waals surface area contributed by atoms with Gasteiger partial charge in [-0.25, -0.2) is 9.37 Å². The Bertz CT molecular complexity index is 683. The number of alkyl halides is 1. The van der Waals surface area contributed by atoms with Crippen molar-refractivity contribution in [3.63, 3.8) is 0 Å². The smallest absolute Gasteiger partial charge is 0.262 e.